The third-order valence-corrected chi connectivity index (χ3v) is 3.68. The summed E-state index contributed by atoms with van der Waals surface area (Å²) in [6, 6.07) is 5.75. The molecule has 18 heavy (non-hydrogen) atoms. The molecule has 4 heteroatoms. The van der Waals surface area contributed by atoms with Crippen LogP contribution >= 0.6 is 0 Å². The second kappa shape index (κ2) is 4.52. The van der Waals surface area contributed by atoms with Gasteiger partial charge in [-0.1, -0.05) is 6.07 Å². The van der Waals surface area contributed by atoms with E-state index in [1.807, 2.05) is 30.0 Å². The van der Waals surface area contributed by atoms with E-state index >= 15 is 0 Å². The van der Waals surface area contributed by atoms with Crippen LogP contribution in [0.2, 0.25) is 0 Å². The largest absolute Gasteiger partial charge is 0.454 e. The van der Waals surface area contributed by atoms with Gasteiger partial charge in [-0.3, -0.25) is 4.79 Å². The van der Waals surface area contributed by atoms with E-state index in [0.29, 0.717) is 0 Å². The van der Waals surface area contributed by atoms with Crippen LogP contribution in [0.4, 0.5) is 0 Å². The normalized spacial score (nSPS) is 19.1. The molecule has 2 aliphatic heterocycles. The summed E-state index contributed by atoms with van der Waals surface area (Å²) in [6.45, 7) is 4.02. The van der Waals surface area contributed by atoms with Gasteiger partial charge in [0.15, 0.2) is 11.5 Å². The molecule has 0 aliphatic carbocycles. The molecule has 1 aromatic rings. The number of benzene rings is 1. The van der Waals surface area contributed by atoms with E-state index in [1.54, 1.807) is 0 Å². The standard InChI is InChI=1S/C14H17NO3/c1-10(14(16)15-6-2-3-7-15)11-4-5-12-13(8-11)18-9-17-12/h4-5,8,10H,2-3,6-7,9H2,1H3. The molecule has 0 saturated carbocycles. The summed E-state index contributed by atoms with van der Waals surface area (Å²) in [4.78, 5) is 14.3. The second-order valence-corrected chi connectivity index (χ2v) is 4.87. The summed E-state index contributed by atoms with van der Waals surface area (Å²) < 4.78 is 10.6. The van der Waals surface area contributed by atoms with Crippen LogP contribution in [0.1, 0.15) is 31.2 Å². The first-order valence-corrected chi connectivity index (χ1v) is 6.44. The molecule has 1 aromatic carbocycles. The van der Waals surface area contributed by atoms with Gasteiger partial charge < -0.3 is 14.4 Å². The Bertz CT molecular complexity index is 466. The molecule has 1 amide bonds. The van der Waals surface area contributed by atoms with E-state index in [2.05, 4.69) is 0 Å². The molecule has 1 fully saturated rings. The fraction of sp³-hybridized carbons (Fsp3) is 0.500. The minimum absolute atomic E-state index is 0.113. The topological polar surface area (TPSA) is 38.8 Å². The summed E-state index contributed by atoms with van der Waals surface area (Å²) in [5.41, 5.74) is 0.996. The number of fused-ring (bicyclic) bond motifs is 1. The second-order valence-electron chi connectivity index (χ2n) is 4.87. The summed E-state index contributed by atoms with van der Waals surface area (Å²) in [6.07, 6.45) is 2.25. The van der Waals surface area contributed by atoms with Crippen molar-refractivity contribution in [3.05, 3.63) is 23.8 Å². The summed E-state index contributed by atoms with van der Waals surface area (Å²) in [5.74, 6) is 1.61. The third kappa shape index (κ3) is 1.92. The number of carbonyl (C=O) groups is 1. The first-order valence-electron chi connectivity index (χ1n) is 6.44. The number of ether oxygens (including phenoxy) is 2. The van der Waals surface area contributed by atoms with Crippen molar-refractivity contribution >= 4 is 5.91 Å². The number of nitrogens with zero attached hydrogens (tertiary/aromatic N) is 1. The molecule has 4 nitrogen and oxygen atoms in total. The minimum Gasteiger partial charge on any atom is -0.454 e. The van der Waals surface area contributed by atoms with Gasteiger partial charge in [-0.2, -0.15) is 0 Å². The Balaban J connectivity index is 1.79. The first-order chi connectivity index (χ1) is 8.75. The molecule has 1 unspecified atom stereocenters. The van der Waals surface area contributed by atoms with Gasteiger partial charge in [0.2, 0.25) is 12.7 Å². The maximum Gasteiger partial charge on any atom is 0.231 e. The fourth-order valence-electron chi connectivity index (χ4n) is 2.54. The average Bonchev–Trinajstić information content (AvgIpc) is 3.06. The van der Waals surface area contributed by atoms with E-state index in [4.69, 9.17) is 9.47 Å². The molecule has 0 bridgehead atoms. The van der Waals surface area contributed by atoms with Crippen molar-refractivity contribution in [3.8, 4) is 11.5 Å². The van der Waals surface area contributed by atoms with E-state index in [-0.39, 0.29) is 18.6 Å². The van der Waals surface area contributed by atoms with Crippen molar-refractivity contribution in [2.24, 2.45) is 0 Å². The number of likely N-dealkylation sites (tertiary alicyclic amines) is 1. The van der Waals surface area contributed by atoms with Crippen molar-refractivity contribution in [2.45, 2.75) is 25.7 Å². The van der Waals surface area contributed by atoms with Crippen LogP contribution in [0.25, 0.3) is 0 Å². The lowest BCUT2D eigenvalue weighted by molar-refractivity contribution is -0.131. The number of rotatable bonds is 2. The lowest BCUT2D eigenvalue weighted by atomic mass is 9.99. The molecule has 2 aliphatic rings. The van der Waals surface area contributed by atoms with Crippen LogP contribution in [0.3, 0.4) is 0 Å². The van der Waals surface area contributed by atoms with E-state index in [9.17, 15) is 4.79 Å². The van der Waals surface area contributed by atoms with Crippen molar-refractivity contribution < 1.29 is 14.3 Å². The van der Waals surface area contributed by atoms with Crippen LogP contribution in [0, 0.1) is 0 Å². The predicted molar refractivity (Wildman–Crippen MR) is 66.8 cm³/mol. The van der Waals surface area contributed by atoms with Crippen LogP contribution in [-0.4, -0.2) is 30.7 Å². The molecular weight excluding hydrogens is 230 g/mol. The van der Waals surface area contributed by atoms with Gasteiger partial charge in [0, 0.05) is 13.1 Å². The molecule has 2 heterocycles. The van der Waals surface area contributed by atoms with Crippen LogP contribution < -0.4 is 9.47 Å². The molecule has 0 spiro atoms. The molecule has 96 valence electrons. The van der Waals surface area contributed by atoms with Gasteiger partial charge in [-0.25, -0.2) is 0 Å². The van der Waals surface area contributed by atoms with Gasteiger partial charge in [0.1, 0.15) is 0 Å². The zero-order valence-corrected chi connectivity index (χ0v) is 10.5. The van der Waals surface area contributed by atoms with Crippen molar-refractivity contribution in [1.29, 1.82) is 0 Å². The SMILES string of the molecule is CC(C(=O)N1CCCC1)c1ccc2c(c1)OCO2. The molecular formula is C14H17NO3. The van der Waals surface area contributed by atoms with E-state index < -0.39 is 0 Å². The van der Waals surface area contributed by atoms with Gasteiger partial charge in [-0.15, -0.1) is 0 Å². The highest BCUT2D eigenvalue weighted by molar-refractivity contribution is 5.83. The van der Waals surface area contributed by atoms with E-state index in [1.165, 1.54) is 0 Å². The summed E-state index contributed by atoms with van der Waals surface area (Å²) >= 11 is 0. The van der Waals surface area contributed by atoms with Gasteiger partial charge in [0.05, 0.1) is 5.92 Å². The lowest BCUT2D eigenvalue weighted by Gasteiger charge is -2.20. The maximum absolute atomic E-state index is 12.3. The minimum atomic E-state index is -0.113. The van der Waals surface area contributed by atoms with E-state index in [0.717, 1.165) is 43.0 Å². The third-order valence-electron chi connectivity index (χ3n) is 3.68. The monoisotopic (exact) mass is 247 g/mol. The molecule has 0 N–H and O–H groups in total. The Morgan fingerprint density at radius 3 is 2.72 bits per heavy atom. The van der Waals surface area contributed by atoms with Crippen molar-refractivity contribution in [3.63, 3.8) is 0 Å². The van der Waals surface area contributed by atoms with Gasteiger partial charge in [0.25, 0.3) is 0 Å². The number of amides is 1. The Morgan fingerprint density at radius 2 is 1.94 bits per heavy atom. The predicted octanol–water partition coefficient (Wildman–Crippen LogP) is 2.14. The Hall–Kier alpha value is -1.71. The molecule has 3 rings (SSSR count). The summed E-state index contributed by atoms with van der Waals surface area (Å²) in [5, 5.41) is 0. The number of hydrogen-bond acceptors (Lipinski definition) is 3. The molecule has 1 atom stereocenters. The quantitative estimate of drug-likeness (QED) is 0.803. The van der Waals surface area contributed by atoms with Crippen LogP contribution in [0.15, 0.2) is 18.2 Å². The highest BCUT2D eigenvalue weighted by Crippen LogP contribution is 2.35. The lowest BCUT2D eigenvalue weighted by Crippen LogP contribution is -2.31. The zero-order chi connectivity index (χ0) is 12.5. The van der Waals surface area contributed by atoms with Gasteiger partial charge in [-0.05, 0) is 37.5 Å². The Morgan fingerprint density at radius 1 is 1.22 bits per heavy atom. The van der Waals surface area contributed by atoms with Crippen molar-refractivity contribution in [1.82, 2.24) is 4.90 Å². The average molecular weight is 247 g/mol. The molecule has 0 aromatic heterocycles. The Kier molecular flexibility index (Phi) is 2.86. The van der Waals surface area contributed by atoms with Crippen LogP contribution in [-0.2, 0) is 4.79 Å². The number of hydrogen-bond donors (Lipinski definition) is 0. The highest BCUT2D eigenvalue weighted by Gasteiger charge is 2.25. The number of carbonyl (C=O) groups excluding carboxylic acids is 1. The fourth-order valence-corrected chi connectivity index (χ4v) is 2.54. The van der Waals surface area contributed by atoms with Gasteiger partial charge >= 0.3 is 0 Å². The highest BCUT2D eigenvalue weighted by atomic mass is 16.7. The van der Waals surface area contributed by atoms with Crippen molar-refractivity contribution in [2.75, 3.05) is 19.9 Å². The van der Waals surface area contributed by atoms with Crippen LogP contribution in [0.5, 0.6) is 11.5 Å². The summed E-state index contributed by atoms with van der Waals surface area (Å²) in [7, 11) is 0. The molecule has 1 saturated heterocycles. The maximum atomic E-state index is 12.3. The Labute approximate surface area is 106 Å². The smallest absolute Gasteiger partial charge is 0.231 e. The first kappa shape index (κ1) is 11.4. The molecule has 0 radical (unpaired) electrons. The zero-order valence-electron chi connectivity index (χ0n) is 10.5.